The van der Waals surface area contributed by atoms with E-state index < -0.39 is 0 Å². The summed E-state index contributed by atoms with van der Waals surface area (Å²) in [4.78, 5) is 11.4. The summed E-state index contributed by atoms with van der Waals surface area (Å²) in [6, 6.07) is 15.7. The van der Waals surface area contributed by atoms with Crippen LogP contribution in [0.3, 0.4) is 0 Å². The lowest BCUT2D eigenvalue weighted by Gasteiger charge is -2.11. The molecule has 2 nitrogen and oxygen atoms in total. The van der Waals surface area contributed by atoms with Crippen LogP contribution in [-0.4, -0.2) is 12.2 Å². The Bertz CT molecular complexity index is 645. The number of rotatable bonds is 4. The lowest BCUT2D eigenvalue weighted by atomic mass is 9.96. The number of carbonyl (C=O) groups excluding carboxylic acids is 1. The molecule has 2 aromatic rings. The van der Waals surface area contributed by atoms with Gasteiger partial charge in [-0.1, -0.05) is 36.4 Å². The first-order chi connectivity index (χ1) is 9.61. The van der Waals surface area contributed by atoms with E-state index in [1.165, 1.54) is 0 Å². The Kier molecular flexibility index (Phi) is 4.64. The fraction of sp³-hybridized carbons (Fsp3) is 0.118. The van der Waals surface area contributed by atoms with E-state index >= 15 is 0 Å². The fourth-order valence-electron chi connectivity index (χ4n) is 2.12. The highest BCUT2D eigenvalue weighted by Crippen LogP contribution is 2.28. The number of thiol groups is 1. The molecular formula is C17H16O2S. The van der Waals surface area contributed by atoms with Crippen molar-refractivity contribution in [3.05, 3.63) is 71.3 Å². The Morgan fingerprint density at radius 1 is 1.10 bits per heavy atom. The quantitative estimate of drug-likeness (QED) is 0.681. The fourth-order valence-corrected chi connectivity index (χ4v) is 2.25. The monoisotopic (exact) mass is 284 g/mol. The van der Waals surface area contributed by atoms with Crippen molar-refractivity contribution in [2.45, 2.75) is 6.92 Å². The van der Waals surface area contributed by atoms with E-state index in [0.717, 1.165) is 28.0 Å². The molecule has 20 heavy (non-hydrogen) atoms. The SMILES string of the molecule is COc1ccc(C(=CC(=O)S)c2ccccc2)cc1C. The van der Waals surface area contributed by atoms with Crippen LogP contribution < -0.4 is 4.74 Å². The molecule has 0 aromatic heterocycles. The van der Waals surface area contributed by atoms with Crippen molar-refractivity contribution >= 4 is 23.3 Å². The second kappa shape index (κ2) is 6.44. The highest BCUT2D eigenvalue weighted by Gasteiger charge is 2.08. The van der Waals surface area contributed by atoms with Gasteiger partial charge >= 0.3 is 0 Å². The van der Waals surface area contributed by atoms with E-state index in [0.29, 0.717) is 0 Å². The maximum atomic E-state index is 11.4. The molecule has 2 aromatic carbocycles. The molecule has 0 atom stereocenters. The van der Waals surface area contributed by atoms with Crippen molar-refractivity contribution in [1.29, 1.82) is 0 Å². The minimum absolute atomic E-state index is 0.266. The Labute approximate surface area is 124 Å². The number of hydrogen-bond donors (Lipinski definition) is 1. The van der Waals surface area contributed by atoms with Gasteiger partial charge < -0.3 is 4.74 Å². The van der Waals surface area contributed by atoms with Crippen LogP contribution in [0.1, 0.15) is 16.7 Å². The third-order valence-corrected chi connectivity index (χ3v) is 3.19. The summed E-state index contributed by atoms with van der Waals surface area (Å²) in [5.41, 5.74) is 3.84. The molecule has 0 unspecified atom stereocenters. The molecule has 2 rings (SSSR count). The molecule has 0 N–H and O–H groups in total. The second-order valence-electron chi connectivity index (χ2n) is 4.45. The lowest BCUT2D eigenvalue weighted by Crippen LogP contribution is -1.94. The van der Waals surface area contributed by atoms with Gasteiger partial charge in [0.1, 0.15) is 5.75 Å². The summed E-state index contributed by atoms with van der Waals surface area (Å²) in [7, 11) is 1.65. The number of methoxy groups -OCH3 is 1. The van der Waals surface area contributed by atoms with Gasteiger partial charge in [0.2, 0.25) is 5.12 Å². The van der Waals surface area contributed by atoms with Crippen LogP contribution in [0, 0.1) is 6.92 Å². The zero-order chi connectivity index (χ0) is 14.5. The number of aryl methyl sites for hydroxylation is 1. The summed E-state index contributed by atoms with van der Waals surface area (Å²) in [6.07, 6.45) is 1.54. The maximum Gasteiger partial charge on any atom is 0.209 e. The Balaban J connectivity index is 2.53. The molecule has 0 amide bonds. The van der Waals surface area contributed by atoms with E-state index in [1.807, 2.05) is 55.5 Å². The molecule has 0 aliphatic carbocycles. The second-order valence-corrected chi connectivity index (χ2v) is 4.89. The summed E-state index contributed by atoms with van der Waals surface area (Å²) in [5, 5.41) is -0.266. The summed E-state index contributed by atoms with van der Waals surface area (Å²) in [6.45, 7) is 1.98. The van der Waals surface area contributed by atoms with Crippen molar-refractivity contribution in [1.82, 2.24) is 0 Å². The third kappa shape index (κ3) is 3.31. The van der Waals surface area contributed by atoms with Crippen LogP contribution in [0.2, 0.25) is 0 Å². The summed E-state index contributed by atoms with van der Waals surface area (Å²) >= 11 is 3.86. The highest BCUT2D eigenvalue weighted by atomic mass is 32.1. The van der Waals surface area contributed by atoms with Gasteiger partial charge in [0.25, 0.3) is 0 Å². The van der Waals surface area contributed by atoms with Gasteiger partial charge in [-0.25, -0.2) is 0 Å². The minimum Gasteiger partial charge on any atom is -0.496 e. The highest BCUT2D eigenvalue weighted by molar-refractivity contribution is 7.97. The first-order valence-corrected chi connectivity index (χ1v) is 6.71. The first-order valence-electron chi connectivity index (χ1n) is 6.27. The molecule has 0 heterocycles. The Hall–Kier alpha value is -2.00. The van der Waals surface area contributed by atoms with E-state index in [-0.39, 0.29) is 5.12 Å². The molecular weight excluding hydrogens is 268 g/mol. The van der Waals surface area contributed by atoms with Gasteiger partial charge in [0.05, 0.1) is 7.11 Å². The van der Waals surface area contributed by atoms with Crippen LogP contribution in [0.25, 0.3) is 5.57 Å². The molecule has 0 aliphatic rings. The van der Waals surface area contributed by atoms with Crippen molar-refractivity contribution in [3.63, 3.8) is 0 Å². The van der Waals surface area contributed by atoms with Crippen LogP contribution in [-0.2, 0) is 4.79 Å². The van der Waals surface area contributed by atoms with E-state index in [1.54, 1.807) is 13.2 Å². The van der Waals surface area contributed by atoms with Crippen LogP contribution in [0.5, 0.6) is 5.75 Å². The average molecular weight is 284 g/mol. The largest absolute Gasteiger partial charge is 0.496 e. The Morgan fingerprint density at radius 2 is 1.80 bits per heavy atom. The molecule has 102 valence electrons. The number of carbonyl (C=O) groups is 1. The maximum absolute atomic E-state index is 11.4. The number of hydrogen-bond acceptors (Lipinski definition) is 2. The standard InChI is InChI=1S/C17H16O2S/c1-12-10-14(8-9-16(12)19-2)15(11-17(18)20)13-6-4-3-5-7-13/h3-11H,1-2H3,(H,18,20). The van der Waals surface area contributed by atoms with Gasteiger partial charge in [0, 0.05) is 6.08 Å². The molecule has 3 heteroatoms. The van der Waals surface area contributed by atoms with Crippen molar-refractivity contribution in [3.8, 4) is 5.75 Å². The normalized spacial score (nSPS) is 11.2. The molecule has 0 aliphatic heterocycles. The third-order valence-electron chi connectivity index (χ3n) is 3.06. The van der Waals surface area contributed by atoms with Crippen molar-refractivity contribution in [2.24, 2.45) is 0 Å². The molecule has 0 radical (unpaired) electrons. The van der Waals surface area contributed by atoms with Crippen molar-refractivity contribution in [2.75, 3.05) is 7.11 Å². The van der Waals surface area contributed by atoms with E-state index in [2.05, 4.69) is 12.6 Å². The number of benzene rings is 2. The summed E-state index contributed by atoms with van der Waals surface area (Å²) < 4.78 is 5.27. The predicted molar refractivity (Wildman–Crippen MR) is 85.2 cm³/mol. The smallest absolute Gasteiger partial charge is 0.209 e. The minimum atomic E-state index is -0.266. The number of ether oxygens (including phenoxy) is 1. The van der Waals surface area contributed by atoms with E-state index in [4.69, 9.17) is 4.74 Å². The van der Waals surface area contributed by atoms with Crippen LogP contribution in [0.15, 0.2) is 54.6 Å². The van der Waals surface area contributed by atoms with E-state index in [9.17, 15) is 4.79 Å². The van der Waals surface area contributed by atoms with Gasteiger partial charge in [0.15, 0.2) is 0 Å². The van der Waals surface area contributed by atoms with Crippen LogP contribution in [0.4, 0.5) is 0 Å². The average Bonchev–Trinajstić information content (AvgIpc) is 2.45. The lowest BCUT2D eigenvalue weighted by molar-refractivity contribution is -0.106. The zero-order valence-corrected chi connectivity index (χ0v) is 12.4. The first kappa shape index (κ1) is 14.4. The molecule has 0 saturated carbocycles. The van der Waals surface area contributed by atoms with Gasteiger partial charge in [-0.15, -0.1) is 12.6 Å². The van der Waals surface area contributed by atoms with Crippen molar-refractivity contribution < 1.29 is 9.53 Å². The topological polar surface area (TPSA) is 26.3 Å². The van der Waals surface area contributed by atoms with Crippen LogP contribution >= 0.6 is 12.6 Å². The molecule has 0 spiro atoms. The van der Waals surface area contributed by atoms with Gasteiger partial charge in [-0.05, 0) is 41.3 Å². The van der Waals surface area contributed by atoms with Gasteiger partial charge in [-0.2, -0.15) is 0 Å². The molecule has 0 fully saturated rings. The molecule has 0 saturated heterocycles. The zero-order valence-electron chi connectivity index (χ0n) is 11.5. The predicted octanol–water partition coefficient (Wildman–Crippen LogP) is 3.89. The Morgan fingerprint density at radius 3 is 2.35 bits per heavy atom. The molecule has 0 bridgehead atoms. The summed E-state index contributed by atoms with van der Waals surface area (Å²) in [5.74, 6) is 0.832. The van der Waals surface area contributed by atoms with Gasteiger partial charge in [-0.3, -0.25) is 4.79 Å².